The Morgan fingerprint density at radius 3 is 3.20 bits per heavy atom. The van der Waals surface area contributed by atoms with Crippen molar-refractivity contribution in [2.45, 2.75) is 32.4 Å². The molecule has 3 rings (SSSR count). The van der Waals surface area contributed by atoms with Gasteiger partial charge in [0.15, 0.2) is 0 Å². The van der Waals surface area contributed by atoms with Crippen molar-refractivity contribution >= 4 is 5.82 Å². The molecular weight excluding hydrogens is 252 g/mol. The Bertz CT molecular complexity index is 581. The van der Waals surface area contributed by atoms with Crippen LogP contribution in [0.25, 0.3) is 11.3 Å². The first-order valence-corrected chi connectivity index (χ1v) is 7.12. The fourth-order valence-electron chi connectivity index (χ4n) is 2.93. The van der Waals surface area contributed by atoms with Crippen LogP contribution in [0.4, 0.5) is 5.82 Å². The van der Waals surface area contributed by atoms with Crippen LogP contribution in [0.15, 0.2) is 30.9 Å². The lowest BCUT2D eigenvalue weighted by Crippen LogP contribution is -2.20. The first kappa shape index (κ1) is 13.1. The predicted molar refractivity (Wildman–Crippen MR) is 78.0 cm³/mol. The van der Waals surface area contributed by atoms with E-state index in [4.69, 9.17) is 10.5 Å². The van der Waals surface area contributed by atoms with Crippen LogP contribution in [0.3, 0.4) is 0 Å². The highest BCUT2D eigenvalue weighted by atomic mass is 16.5. The average molecular weight is 272 g/mol. The van der Waals surface area contributed by atoms with Crippen LogP contribution in [0.2, 0.25) is 0 Å². The van der Waals surface area contributed by atoms with Crippen LogP contribution in [0, 0.1) is 5.92 Å². The topological polar surface area (TPSA) is 66.0 Å². The van der Waals surface area contributed by atoms with Gasteiger partial charge in [0.1, 0.15) is 5.82 Å². The van der Waals surface area contributed by atoms with Crippen molar-refractivity contribution in [2.24, 2.45) is 5.92 Å². The van der Waals surface area contributed by atoms with Gasteiger partial charge in [0, 0.05) is 30.8 Å². The zero-order chi connectivity index (χ0) is 13.9. The average Bonchev–Trinajstić information content (AvgIpc) is 3.09. The van der Waals surface area contributed by atoms with E-state index < -0.39 is 0 Å². The van der Waals surface area contributed by atoms with Crippen LogP contribution in [-0.4, -0.2) is 27.2 Å². The van der Waals surface area contributed by atoms with Gasteiger partial charge in [-0.3, -0.25) is 0 Å². The first-order valence-electron chi connectivity index (χ1n) is 7.12. The van der Waals surface area contributed by atoms with Crippen molar-refractivity contribution < 1.29 is 4.74 Å². The molecule has 5 nitrogen and oxygen atoms in total. The van der Waals surface area contributed by atoms with E-state index in [9.17, 15) is 0 Å². The summed E-state index contributed by atoms with van der Waals surface area (Å²) < 4.78 is 7.92. The number of imidazole rings is 1. The Balaban J connectivity index is 1.86. The van der Waals surface area contributed by atoms with E-state index in [2.05, 4.69) is 21.5 Å². The molecular formula is C15H20N4O. The van der Waals surface area contributed by atoms with Gasteiger partial charge in [-0.05, 0) is 25.0 Å². The third kappa shape index (κ3) is 2.41. The fourth-order valence-corrected chi connectivity index (χ4v) is 2.93. The molecule has 1 aliphatic rings. The predicted octanol–water partition coefficient (Wildman–Crippen LogP) is 2.34. The lowest BCUT2D eigenvalue weighted by atomic mass is 9.99. The maximum Gasteiger partial charge on any atom is 0.132 e. The molecule has 0 radical (unpaired) electrons. The molecule has 2 aromatic rings. The number of hydrogen-bond donors (Lipinski definition) is 1. The maximum atomic E-state index is 5.97. The van der Waals surface area contributed by atoms with E-state index in [0.717, 1.165) is 37.3 Å². The van der Waals surface area contributed by atoms with Gasteiger partial charge in [0.05, 0.1) is 24.3 Å². The lowest BCUT2D eigenvalue weighted by Gasteiger charge is -2.19. The third-order valence-corrected chi connectivity index (χ3v) is 4.01. The van der Waals surface area contributed by atoms with E-state index >= 15 is 0 Å². The third-order valence-electron chi connectivity index (χ3n) is 4.01. The second-order valence-corrected chi connectivity index (χ2v) is 5.23. The van der Waals surface area contributed by atoms with Crippen LogP contribution in [0.1, 0.15) is 19.8 Å². The molecule has 2 atom stereocenters. The molecule has 0 bridgehead atoms. The molecule has 20 heavy (non-hydrogen) atoms. The summed E-state index contributed by atoms with van der Waals surface area (Å²) in [6.07, 6.45) is 7.95. The van der Waals surface area contributed by atoms with Crippen LogP contribution in [0.5, 0.6) is 0 Å². The molecule has 1 fully saturated rings. The molecule has 0 aliphatic carbocycles. The summed E-state index contributed by atoms with van der Waals surface area (Å²) in [6.45, 7) is 3.96. The van der Waals surface area contributed by atoms with Crippen molar-refractivity contribution in [3.8, 4) is 11.3 Å². The highest BCUT2D eigenvalue weighted by Gasteiger charge is 2.27. The minimum absolute atomic E-state index is 0.358. The fraction of sp³-hybridized carbons (Fsp3) is 0.467. The Morgan fingerprint density at radius 2 is 2.40 bits per heavy atom. The van der Waals surface area contributed by atoms with Gasteiger partial charge >= 0.3 is 0 Å². The van der Waals surface area contributed by atoms with Gasteiger partial charge in [0.25, 0.3) is 0 Å². The number of nitrogen functional groups attached to an aromatic ring is 1. The van der Waals surface area contributed by atoms with Gasteiger partial charge in [-0.15, -0.1) is 0 Å². The minimum atomic E-state index is 0.358. The Kier molecular flexibility index (Phi) is 3.69. The standard InChI is InChI=1S/C15H20N4O/c1-2-14-11(5-7-20-14)9-19-10-17-8-13(19)12-4-3-6-18-15(12)16/h3-4,6,8,10-11,14H,2,5,7,9H2,1H3,(H2,16,18). The summed E-state index contributed by atoms with van der Waals surface area (Å²) in [5.74, 6) is 1.09. The van der Waals surface area contributed by atoms with Crippen molar-refractivity contribution in [3.05, 3.63) is 30.9 Å². The van der Waals surface area contributed by atoms with Crippen LogP contribution < -0.4 is 5.73 Å². The second kappa shape index (κ2) is 5.63. The zero-order valence-corrected chi connectivity index (χ0v) is 11.7. The normalized spacial score (nSPS) is 22.2. The van der Waals surface area contributed by atoms with Gasteiger partial charge in [-0.25, -0.2) is 9.97 Å². The lowest BCUT2D eigenvalue weighted by molar-refractivity contribution is 0.0836. The largest absolute Gasteiger partial charge is 0.383 e. The first-order chi connectivity index (χ1) is 9.79. The second-order valence-electron chi connectivity index (χ2n) is 5.23. The molecule has 3 heterocycles. The SMILES string of the molecule is CCC1OCCC1Cn1cncc1-c1cccnc1N. The van der Waals surface area contributed by atoms with E-state index in [1.54, 1.807) is 6.20 Å². The number of hydrogen-bond acceptors (Lipinski definition) is 4. The molecule has 2 unspecified atom stereocenters. The zero-order valence-electron chi connectivity index (χ0n) is 11.7. The number of ether oxygens (including phenoxy) is 1. The van der Waals surface area contributed by atoms with E-state index in [1.165, 1.54) is 0 Å². The molecule has 2 aromatic heterocycles. The summed E-state index contributed by atoms with van der Waals surface area (Å²) in [4.78, 5) is 8.42. The van der Waals surface area contributed by atoms with Crippen molar-refractivity contribution in [1.29, 1.82) is 0 Å². The van der Waals surface area contributed by atoms with Crippen LogP contribution in [-0.2, 0) is 11.3 Å². The van der Waals surface area contributed by atoms with E-state index in [1.807, 2.05) is 24.7 Å². The number of nitrogens with two attached hydrogens (primary N) is 1. The molecule has 0 amide bonds. The summed E-state index contributed by atoms with van der Waals surface area (Å²) in [5.41, 5.74) is 7.93. The smallest absolute Gasteiger partial charge is 0.132 e. The van der Waals surface area contributed by atoms with Crippen molar-refractivity contribution in [1.82, 2.24) is 14.5 Å². The molecule has 0 saturated carbocycles. The number of anilines is 1. The number of rotatable bonds is 4. The monoisotopic (exact) mass is 272 g/mol. The molecule has 2 N–H and O–H groups in total. The van der Waals surface area contributed by atoms with Crippen molar-refractivity contribution in [3.63, 3.8) is 0 Å². The summed E-state index contributed by atoms with van der Waals surface area (Å²) in [5, 5.41) is 0. The van der Waals surface area contributed by atoms with E-state index in [-0.39, 0.29) is 0 Å². The van der Waals surface area contributed by atoms with E-state index in [0.29, 0.717) is 17.8 Å². The van der Waals surface area contributed by atoms with Crippen LogP contribution >= 0.6 is 0 Å². The van der Waals surface area contributed by atoms with Gasteiger partial charge in [0.2, 0.25) is 0 Å². The van der Waals surface area contributed by atoms with Crippen molar-refractivity contribution in [2.75, 3.05) is 12.3 Å². The number of nitrogens with zero attached hydrogens (tertiary/aromatic N) is 3. The molecule has 0 spiro atoms. The minimum Gasteiger partial charge on any atom is -0.383 e. The van der Waals surface area contributed by atoms with Gasteiger partial charge < -0.3 is 15.0 Å². The highest BCUT2D eigenvalue weighted by molar-refractivity contribution is 5.70. The maximum absolute atomic E-state index is 5.97. The molecule has 0 aromatic carbocycles. The molecule has 1 saturated heterocycles. The molecule has 1 aliphatic heterocycles. The Labute approximate surface area is 118 Å². The molecule has 5 heteroatoms. The highest BCUT2D eigenvalue weighted by Crippen LogP contribution is 2.29. The van der Waals surface area contributed by atoms with Gasteiger partial charge in [-0.2, -0.15) is 0 Å². The van der Waals surface area contributed by atoms with Gasteiger partial charge in [-0.1, -0.05) is 6.92 Å². The number of pyridine rings is 1. The molecule has 106 valence electrons. The summed E-state index contributed by atoms with van der Waals surface area (Å²) >= 11 is 0. The summed E-state index contributed by atoms with van der Waals surface area (Å²) in [6, 6.07) is 3.88. The quantitative estimate of drug-likeness (QED) is 0.927. The Hall–Kier alpha value is -1.88. The summed E-state index contributed by atoms with van der Waals surface area (Å²) in [7, 11) is 0. The number of aromatic nitrogens is 3. The Morgan fingerprint density at radius 1 is 1.50 bits per heavy atom.